The Bertz CT molecular complexity index is 1610. The number of esters is 1. The molecular weight excluding hydrogens is 554 g/mol. The van der Waals surface area contributed by atoms with Crippen molar-refractivity contribution in [2.45, 2.75) is 64.4 Å². The van der Waals surface area contributed by atoms with E-state index in [2.05, 4.69) is 9.97 Å². The van der Waals surface area contributed by atoms with Gasteiger partial charge in [0.15, 0.2) is 11.5 Å². The van der Waals surface area contributed by atoms with Crippen molar-refractivity contribution in [3.63, 3.8) is 0 Å². The maximum Gasteiger partial charge on any atom is 0.339 e. The highest BCUT2D eigenvalue weighted by molar-refractivity contribution is 7.92. The predicted octanol–water partition coefficient (Wildman–Crippen LogP) is 2.37. The minimum absolute atomic E-state index is 0.0407. The molecule has 0 aliphatic carbocycles. The molecule has 0 bridgehead atoms. The smallest absolute Gasteiger partial charge is 0.339 e. The molecule has 0 saturated carbocycles. The van der Waals surface area contributed by atoms with E-state index >= 15 is 0 Å². The lowest BCUT2D eigenvalue weighted by molar-refractivity contribution is -0.153. The molecule has 2 aromatic heterocycles. The zero-order valence-electron chi connectivity index (χ0n) is 23.6. The zero-order valence-corrected chi connectivity index (χ0v) is 24.4. The number of nitrogen functional groups attached to an aromatic ring is 1. The Labute approximate surface area is 237 Å². The Kier molecular flexibility index (Phi) is 9.53. The Morgan fingerprint density at radius 2 is 1.80 bits per heavy atom. The van der Waals surface area contributed by atoms with Gasteiger partial charge in [0.2, 0.25) is 5.16 Å². The number of aromatic nitrogens is 4. The maximum absolute atomic E-state index is 13.7. The maximum atomic E-state index is 13.7. The molecule has 0 saturated heterocycles. The molecule has 15 heteroatoms. The van der Waals surface area contributed by atoms with Gasteiger partial charge in [-0.3, -0.25) is 9.36 Å². The lowest BCUT2D eigenvalue weighted by Gasteiger charge is -2.26. The molecule has 1 amide bonds. The number of carbonyl (C=O) groups excluding carboxylic acids is 2. The van der Waals surface area contributed by atoms with Gasteiger partial charge in [-0.25, -0.2) is 32.9 Å². The molecule has 0 aliphatic rings. The highest BCUT2D eigenvalue weighted by Crippen LogP contribution is 2.23. The van der Waals surface area contributed by atoms with Gasteiger partial charge in [-0.05, 0) is 32.3 Å². The number of anilines is 1. The van der Waals surface area contributed by atoms with Crippen LogP contribution in [0.2, 0.25) is 0 Å². The Balaban J connectivity index is 2.17. The Morgan fingerprint density at radius 3 is 2.37 bits per heavy atom. The number of nitrogens with zero attached hydrogens (tertiary/aromatic N) is 5. The molecule has 3 atom stereocenters. The second-order valence-corrected chi connectivity index (χ2v) is 12.1. The molecule has 222 valence electrons. The van der Waals surface area contributed by atoms with Crippen molar-refractivity contribution in [3.05, 3.63) is 46.4 Å². The van der Waals surface area contributed by atoms with Gasteiger partial charge in [-0.2, -0.15) is 4.98 Å². The van der Waals surface area contributed by atoms with E-state index in [1.165, 1.54) is 14.0 Å². The first-order valence-corrected chi connectivity index (χ1v) is 14.7. The van der Waals surface area contributed by atoms with Gasteiger partial charge >= 0.3 is 23.7 Å². The molecule has 4 N–H and O–H groups in total. The van der Waals surface area contributed by atoms with Crippen molar-refractivity contribution in [2.75, 3.05) is 18.5 Å². The summed E-state index contributed by atoms with van der Waals surface area (Å²) < 4.78 is 28.2. The van der Waals surface area contributed by atoms with E-state index in [-0.39, 0.29) is 40.9 Å². The second-order valence-electron chi connectivity index (χ2n) is 10.0. The highest BCUT2D eigenvalue weighted by Gasteiger charge is 2.35. The summed E-state index contributed by atoms with van der Waals surface area (Å²) in [4.78, 5) is 61.1. The van der Waals surface area contributed by atoms with Crippen molar-refractivity contribution in [3.8, 4) is 0 Å². The largest absolute Gasteiger partial charge is 0.480 e. The third-order valence-electron chi connectivity index (χ3n) is 6.32. The van der Waals surface area contributed by atoms with Gasteiger partial charge in [0.25, 0.3) is 0 Å². The molecule has 2 unspecified atom stereocenters. The van der Waals surface area contributed by atoms with Crippen molar-refractivity contribution < 1.29 is 28.4 Å². The number of aliphatic carboxylic acids is 1. The Morgan fingerprint density at radius 1 is 1.17 bits per heavy atom. The van der Waals surface area contributed by atoms with Crippen LogP contribution in [0.1, 0.15) is 46.1 Å². The van der Waals surface area contributed by atoms with E-state index in [4.69, 9.17) is 15.3 Å². The lowest BCUT2D eigenvalue weighted by atomic mass is 10.0. The first-order chi connectivity index (χ1) is 19.2. The molecule has 0 aliphatic heterocycles. The number of fused-ring (bicyclic) bond motifs is 1. The molecule has 1 aromatic carbocycles. The van der Waals surface area contributed by atoms with Crippen LogP contribution in [0.25, 0.3) is 11.2 Å². The number of likely N-dealkylation sites (N-methyl/N-ethyl adjacent to an activating group) is 1. The van der Waals surface area contributed by atoms with E-state index in [1.807, 2.05) is 0 Å². The predicted molar refractivity (Wildman–Crippen MR) is 151 cm³/mol. The SMILES string of the molecule is CCCS(=N)(=O)c1nc(N)c2c(n1)n(Cc1ccccc1)c(=O)n2C(=O)N(C)[C@@H](CC(C)C(=O)OC(C)C)C(=O)O. The van der Waals surface area contributed by atoms with E-state index in [1.54, 1.807) is 51.1 Å². The number of hydrogen-bond acceptors (Lipinski definition) is 10. The van der Waals surface area contributed by atoms with Crippen LogP contribution in [0.3, 0.4) is 0 Å². The molecule has 0 spiro atoms. The number of benzene rings is 1. The molecule has 14 nitrogen and oxygen atoms in total. The number of rotatable bonds is 11. The summed E-state index contributed by atoms with van der Waals surface area (Å²) in [5.41, 5.74) is 5.64. The topological polar surface area (TPSA) is 204 Å². The van der Waals surface area contributed by atoms with Gasteiger partial charge in [0.05, 0.1) is 18.6 Å². The van der Waals surface area contributed by atoms with Crippen molar-refractivity contribution >= 4 is 44.7 Å². The Hall–Kier alpha value is -4.27. The summed E-state index contributed by atoms with van der Waals surface area (Å²) in [7, 11) is -2.26. The summed E-state index contributed by atoms with van der Waals surface area (Å²) in [6, 6.07) is 6.25. The van der Waals surface area contributed by atoms with Crippen LogP contribution >= 0.6 is 0 Å². The minimum atomic E-state index is -3.45. The van der Waals surface area contributed by atoms with Gasteiger partial charge in [0.1, 0.15) is 21.3 Å². The number of nitrogens with one attached hydrogen (secondary N) is 1. The quantitative estimate of drug-likeness (QED) is 0.220. The molecular formula is C26H35N7O7S. The normalized spacial score (nSPS) is 14.4. The fraction of sp³-hybridized carbons (Fsp3) is 0.462. The van der Waals surface area contributed by atoms with Crippen molar-refractivity contribution in [1.82, 2.24) is 24.0 Å². The zero-order chi connectivity index (χ0) is 30.6. The van der Waals surface area contributed by atoms with Crippen LogP contribution in [0.15, 0.2) is 40.3 Å². The summed E-state index contributed by atoms with van der Waals surface area (Å²) in [6.07, 6.45) is -0.288. The number of carboxylic acids is 1. The summed E-state index contributed by atoms with van der Waals surface area (Å²) in [5.74, 6) is -3.30. The first-order valence-electron chi connectivity index (χ1n) is 13.0. The van der Waals surface area contributed by atoms with Crippen LogP contribution in [0.5, 0.6) is 0 Å². The van der Waals surface area contributed by atoms with E-state index < -0.39 is 51.5 Å². The van der Waals surface area contributed by atoms with Crippen molar-refractivity contribution in [1.29, 1.82) is 4.78 Å². The number of carbonyl (C=O) groups is 3. The van der Waals surface area contributed by atoms with E-state index in [9.17, 15) is 28.5 Å². The molecule has 2 heterocycles. The van der Waals surface area contributed by atoms with Crippen LogP contribution in [-0.2, 0) is 30.6 Å². The molecule has 3 rings (SSSR count). The van der Waals surface area contributed by atoms with E-state index in [0.717, 1.165) is 9.47 Å². The summed E-state index contributed by atoms with van der Waals surface area (Å²) >= 11 is 0. The van der Waals surface area contributed by atoms with Crippen LogP contribution in [0, 0.1) is 10.7 Å². The average molecular weight is 590 g/mol. The molecule has 0 radical (unpaired) electrons. The third kappa shape index (κ3) is 6.73. The second kappa shape index (κ2) is 12.5. The van der Waals surface area contributed by atoms with Crippen molar-refractivity contribution in [2.24, 2.45) is 5.92 Å². The monoisotopic (exact) mass is 589 g/mol. The number of amides is 1. The fourth-order valence-electron chi connectivity index (χ4n) is 4.26. The molecule has 0 fully saturated rings. The van der Waals surface area contributed by atoms with Gasteiger partial charge < -0.3 is 20.5 Å². The fourth-order valence-corrected chi connectivity index (χ4v) is 5.49. The molecule has 3 aromatic rings. The lowest BCUT2D eigenvalue weighted by Crippen LogP contribution is -2.48. The first kappa shape index (κ1) is 31.3. The van der Waals surface area contributed by atoms with Gasteiger partial charge in [-0.1, -0.05) is 44.2 Å². The summed E-state index contributed by atoms with van der Waals surface area (Å²) in [6.45, 7) is 6.49. The van der Waals surface area contributed by atoms with Crippen LogP contribution in [0.4, 0.5) is 10.6 Å². The highest BCUT2D eigenvalue weighted by atomic mass is 32.2. The van der Waals surface area contributed by atoms with Crippen LogP contribution in [-0.4, -0.2) is 76.2 Å². The number of carboxylic acid groups (broad SMARTS) is 1. The average Bonchev–Trinajstić information content (AvgIpc) is 3.17. The van der Waals surface area contributed by atoms with E-state index in [0.29, 0.717) is 16.6 Å². The number of hydrogen-bond donors (Lipinski definition) is 3. The number of imidazole rings is 1. The minimum Gasteiger partial charge on any atom is -0.480 e. The standard InChI is InChI=1S/C26H35N7O7S/c1-6-12-41(28,39)24-29-20(27)19-21(30-24)32(14-17-10-8-7-9-11-17)26(38)33(19)25(37)31(5)18(22(34)35)13-16(4)23(36)40-15(2)3/h7-11,15-16,18,28H,6,12-14H2,1-5H3,(H,34,35)(H2,27,29,30)/t16?,18-,41?/m0/s1. The number of nitrogens with two attached hydrogens (primary N) is 1. The third-order valence-corrected chi connectivity index (χ3v) is 8.08. The molecule has 41 heavy (non-hydrogen) atoms. The summed E-state index contributed by atoms with van der Waals surface area (Å²) in [5, 5.41) is 9.55. The van der Waals surface area contributed by atoms with Gasteiger partial charge in [0, 0.05) is 12.8 Å². The van der Waals surface area contributed by atoms with Crippen LogP contribution < -0.4 is 11.4 Å². The number of ether oxygens (including phenoxy) is 1. The van der Waals surface area contributed by atoms with Gasteiger partial charge in [-0.15, -0.1) is 0 Å².